The summed E-state index contributed by atoms with van der Waals surface area (Å²) in [5.74, 6) is -0.553. The van der Waals surface area contributed by atoms with E-state index in [1.165, 1.54) is 12.1 Å². The summed E-state index contributed by atoms with van der Waals surface area (Å²) >= 11 is 0. The first-order valence-electron chi connectivity index (χ1n) is 3.28. The summed E-state index contributed by atoms with van der Waals surface area (Å²) in [7, 11) is -4.17. The maximum absolute atomic E-state index is 10.6. The van der Waals surface area contributed by atoms with Crippen LogP contribution in [0, 0.1) is 0 Å². The molecule has 0 aliphatic heterocycles. The van der Waals surface area contributed by atoms with Crippen LogP contribution in [0.15, 0.2) is 18.2 Å². The summed E-state index contributed by atoms with van der Waals surface area (Å²) in [5.41, 5.74) is 4.62. The van der Waals surface area contributed by atoms with Gasteiger partial charge in [0.25, 0.3) is 0 Å². The molecular formula is C6H8N2O4P-. The highest BCUT2D eigenvalue weighted by molar-refractivity contribution is 7.55. The van der Waals surface area contributed by atoms with E-state index in [0.29, 0.717) is 0 Å². The van der Waals surface area contributed by atoms with Crippen LogP contribution in [-0.4, -0.2) is 10.2 Å². The lowest BCUT2D eigenvalue weighted by Crippen LogP contribution is -2.16. The highest BCUT2D eigenvalue weighted by Crippen LogP contribution is 2.34. The average Bonchev–Trinajstić information content (AvgIpc) is 1.93. The minimum atomic E-state index is -4.17. The Hall–Kier alpha value is -1.23. The van der Waals surface area contributed by atoms with E-state index in [1.807, 2.05) is 5.09 Å². The van der Waals surface area contributed by atoms with Crippen molar-refractivity contribution < 1.29 is 19.7 Å². The van der Waals surface area contributed by atoms with Gasteiger partial charge in [-0.25, -0.2) is 0 Å². The van der Waals surface area contributed by atoms with Crippen LogP contribution in [-0.2, 0) is 4.57 Å². The Morgan fingerprint density at radius 1 is 1.46 bits per heavy atom. The second-order valence-corrected chi connectivity index (χ2v) is 3.83. The number of benzene rings is 1. The summed E-state index contributed by atoms with van der Waals surface area (Å²) in [6, 6.07) is 3.41. The largest absolute Gasteiger partial charge is 0.772 e. The molecule has 1 aromatic carbocycles. The van der Waals surface area contributed by atoms with Crippen molar-refractivity contribution in [3.8, 4) is 11.5 Å². The number of anilines is 1. The molecule has 0 aromatic heterocycles. The Bertz CT molecular complexity index is 362. The van der Waals surface area contributed by atoms with Crippen molar-refractivity contribution in [2.45, 2.75) is 0 Å². The summed E-state index contributed by atoms with van der Waals surface area (Å²) in [4.78, 5) is 10.6. The molecule has 1 aromatic rings. The Morgan fingerprint density at radius 2 is 2.08 bits per heavy atom. The Balaban J connectivity index is 2.97. The van der Waals surface area contributed by atoms with Gasteiger partial charge in [-0.1, -0.05) is 0 Å². The zero-order valence-corrected chi connectivity index (χ0v) is 7.36. The van der Waals surface area contributed by atoms with E-state index in [1.54, 1.807) is 0 Å². The quantitative estimate of drug-likeness (QED) is 0.303. The van der Waals surface area contributed by atoms with E-state index in [9.17, 15) is 9.46 Å². The monoisotopic (exact) mass is 203 g/mol. The van der Waals surface area contributed by atoms with Gasteiger partial charge in [0.1, 0.15) is 11.5 Å². The predicted molar refractivity (Wildman–Crippen MR) is 45.2 cm³/mol. The molecule has 6 nitrogen and oxygen atoms in total. The van der Waals surface area contributed by atoms with Gasteiger partial charge in [-0.15, -0.1) is 0 Å². The van der Waals surface area contributed by atoms with E-state index < -0.39 is 7.67 Å². The van der Waals surface area contributed by atoms with Crippen LogP contribution in [0.25, 0.3) is 0 Å². The highest BCUT2D eigenvalue weighted by Gasteiger charge is 2.05. The predicted octanol–water partition coefficient (Wildman–Crippen LogP) is -0.0632. The minimum absolute atomic E-state index is 0.0707. The number of nitrogens with one attached hydrogen (secondary N) is 1. The first-order valence-corrected chi connectivity index (χ1v) is 4.98. The van der Waals surface area contributed by atoms with Gasteiger partial charge in [-0.05, 0) is 12.1 Å². The summed E-state index contributed by atoms with van der Waals surface area (Å²) in [6.45, 7) is 0. The zero-order chi connectivity index (χ0) is 10.1. The maximum atomic E-state index is 10.6. The first kappa shape index (κ1) is 9.85. The summed E-state index contributed by atoms with van der Waals surface area (Å²) in [6.07, 6.45) is 0. The third-order valence-electron chi connectivity index (χ3n) is 1.26. The number of phenols is 2. The molecular weight excluding hydrogens is 195 g/mol. The van der Waals surface area contributed by atoms with Crippen molar-refractivity contribution in [3.63, 3.8) is 0 Å². The van der Waals surface area contributed by atoms with Crippen LogP contribution in [0.1, 0.15) is 0 Å². The second-order valence-electron chi connectivity index (χ2n) is 2.41. The topological polar surface area (TPSA) is 119 Å². The average molecular weight is 203 g/mol. The van der Waals surface area contributed by atoms with Gasteiger partial charge >= 0.3 is 0 Å². The van der Waals surface area contributed by atoms with Gasteiger partial charge in [0.05, 0.1) is 5.69 Å². The molecule has 0 heterocycles. The van der Waals surface area contributed by atoms with Gasteiger partial charge < -0.3 is 20.2 Å². The van der Waals surface area contributed by atoms with Crippen LogP contribution >= 0.6 is 7.67 Å². The van der Waals surface area contributed by atoms with Crippen LogP contribution in [0.5, 0.6) is 11.5 Å². The van der Waals surface area contributed by atoms with Crippen molar-refractivity contribution in [2.24, 2.45) is 5.50 Å². The fraction of sp³-hybridized carbons (Fsp3) is 0. The number of aromatic hydroxyl groups is 2. The Labute approximate surface area is 74.2 Å². The van der Waals surface area contributed by atoms with Gasteiger partial charge in [-0.2, -0.15) is 0 Å². The molecule has 0 amide bonds. The van der Waals surface area contributed by atoms with Crippen molar-refractivity contribution in [1.82, 2.24) is 0 Å². The fourth-order valence-corrected chi connectivity index (χ4v) is 1.31. The Kier molecular flexibility index (Phi) is 2.47. The molecule has 0 saturated carbocycles. The first-order chi connectivity index (χ1) is 5.88. The third-order valence-corrected chi connectivity index (χ3v) is 1.81. The molecule has 0 spiro atoms. The van der Waals surface area contributed by atoms with Crippen LogP contribution in [0.3, 0.4) is 0 Å². The van der Waals surface area contributed by atoms with Gasteiger partial charge in [0, 0.05) is 6.07 Å². The minimum Gasteiger partial charge on any atom is -0.772 e. The zero-order valence-electron chi connectivity index (χ0n) is 6.47. The summed E-state index contributed by atoms with van der Waals surface area (Å²) in [5, 5.41) is 19.9. The third kappa shape index (κ3) is 2.95. The number of rotatable bonds is 2. The molecule has 0 fully saturated rings. The smallest absolute Gasteiger partial charge is 0.165 e. The molecule has 0 saturated heterocycles. The van der Waals surface area contributed by atoms with E-state index in [0.717, 1.165) is 6.07 Å². The molecule has 0 bridgehead atoms. The molecule has 72 valence electrons. The van der Waals surface area contributed by atoms with Crippen molar-refractivity contribution >= 4 is 13.4 Å². The molecule has 1 rings (SSSR count). The van der Waals surface area contributed by atoms with Gasteiger partial charge in [0.2, 0.25) is 0 Å². The number of hydrogen-bond acceptors (Lipinski definition) is 4. The molecule has 7 heteroatoms. The Morgan fingerprint density at radius 3 is 2.54 bits per heavy atom. The van der Waals surface area contributed by atoms with Crippen molar-refractivity contribution in [1.29, 1.82) is 0 Å². The van der Waals surface area contributed by atoms with E-state index in [-0.39, 0.29) is 17.2 Å². The molecule has 1 atom stereocenters. The molecule has 13 heavy (non-hydrogen) atoms. The van der Waals surface area contributed by atoms with E-state index in [2.05, 4.69) is 5.50 Å². The van der Waals surface area contributed by atoms with Crippen molar-refractivity contribution in [3.05, 3.63) is 18.2 Å². The van der Waals surface area contributed by atoms with Crippen LogP contribution < -0.4 is 15.5 Å². The molecule has 0 aliphatic carbocycles. The van der Waals surface area contributed by atoms with E-state index >= 15 is 0 Å². The van der Waals surface area contributed by atoms with Crippen molar-refractivity contribution in [2.75, 3.05) is 5.09 Å². The number of nitrogens with two attached hydrogens (primary N) is 1. The molecule has 1 unspecified atom stereocenters. The molecule has 0 aliphatic rings. The number of hydrogen-bond donors (Lipinski definition) is 4. The maximum Gasteiger partial charge on any atom is 0.165 e. The van der Waals surface area contributed by atoms with Gasteiger partial charge in [0.15, 0.2) is 7.67 Å². The SMILES string of the molecule is NP(=O)([O-])Nc1ccc(O)cc1O. The standard InChI is InChI=1S/C6H9N2O4P/c7-13(11,12)8-5-2-1-4(9)3-6(5)10/h1-3,9-10H,(H4,7,8,11,12)/p-1. The van der Waals surface area contributed by atoms with Crippen LogP contribution in [0.2, 0.25) is 0 Å². The number of phenolic OH excluding ortho intramolecular Hbond substituents is 2. The second kappa shape index (κ2) is 3.26. The van der Waals surface area contributed by atoms with Gasteiger partial charge in [-0.3, -0.25) is 10.1 Å². The molecule has 5 N–H and O–H groups in total. The lowest BCUT2D eigenvalue weighted by atomic mass is 10.3. The fourth-order valence-electron chi connectivity index (χ4n) is 0.782. The summed E-state index contributed by atoms with van der Waals surface area (Å²) < 4.78 is 10.6. The normalized spacial score (nSPS) is 14.9. The molecule has 0 radical (unpaired) electrons. The van der Waals surface area contributed by atoms with Crippen LogP contribution in [0.4, 0.5) is 5.69 Å². The lowest BCUT2D eigenvalue weighted by molar-refractivity contribution is -0.173. The lowest BCUT2D eigenvalue weighted by Gasteiger charge is -2.20. The van der Waals surface area contributed by atoms with E-state index in [4.69, 9.17) is 10.2 Å². The highest BCUT2D eigenvalue weighted by atomic mass is 31.2.